The van der Waals surface area contributed by atoms with Crippen LogP contribution in [0.25, 0.3) is 16.5 Å². The van der Waals surface area contributed by atoms with Crippen molar-refractivity contribution in [2.45, 2.75) is 56.5 Å². The van der Waals surface area contributed by atoms with Crippen molar-refractivity contribution >= 4 is 49.7 Å². The van der Waals surface area contributed by atoms with Gasteiger partial charge in [0, 0.05) is 98.9 Å². The van der Waals surface area contributed by atoms with Gasteiger partial charge in [0.15, 0.2) is 4.90 Å². The summed E-state index contributed by atoms with van der Waals surface area (Å²) < 4.78 is 62.8. The number of alkyl halides is 1. The number of hydrogen-bond acceptors (Lipinski definition) is 10. The second-order valence-corrected chi connectivity index (χ2v) is 18.9. The number of aromatic amines is 1. The fraction of sp³-hybridized carbons (Fsp3) is 0.370. The van der Waals surface area contributed by atoms with E-state index in [0.717, 1.165) is 85.9 Å². The Morgan fingerprint density at radius 1 is 1.02 bits per heavy atom. The molecule has 5 aromatic rings. The summed E-state index contributed by atoms with van der Waals surface area (Å²) in [6, 6.07) is 23.5. The van der Waals surface area contributed by atoms with E-state index in [1.807, 2.05) is 36.4 Å². The summed E-state index contributed by atoms with van der Waals surface area (Å²) in [7, 11) is -4.71. The number of carbonyl (C=O) groups excluding carboxylic acids is 1. The Morgan fingerprint density at radius 3 is 2.54 bits per heavy atom. The molecule has 318 valence electrons. The van der Waals surface area contributed by atoms with Crippen molar-refractivity contribution in [3.8, 4) is 23.4 Å². The van der Waals surface area contributed by atoms with Gasteiger partial charge in [-0.05, 0) is 84.3 Å². The molecule has 3 aliphatic rings. The van der Waals surface area contributed by atoms with Crippen molar-refractivity contribution in [2.75, 3.05) is 57.4 Å². The van der Waals surface area contributed by atoms with Gasteiger partial charge in [0.2, 0.25) is 5.88 Å². The minimum atomic E-state index is -4.71. The number of allylic oxidation sites excluding steroid dienone is 1. The molecule has 2 aromatic heterocycles. The molecular weight excluding hydrogens is 819 g/mol. The first kappa shape index (κ1) is 42.2. The number of nitrogens with one attached hydrogen (secondary N) is 2. The van der Waals surface area contributed by atoms with Crippen molar-refractivity contribution in [2.24, 2.45) is 5.41 Å². The zero-order chi connectivity index (χ0) is 42.8. The highest BCUT2D eigenvalue weighted by Gasteiger charge is 2.35. The number of nitrogens with zero attached hydrogens (tertiary/aromatic N) is 4. The molecule has 3 aromatic carbocycles. The number of carbonyl (C=O) groups is 1. The van der Waals surface area contributed by atoms with Gasteiger partial charge in [-0.15, -0.1) is 0 Å². The maximum absolute atomic E-state index is 15.4. The van der Waals surface area contributed by atoms with Gasteiger partial charge >= 0.3 is 0 Å². The highest BCUT2D eigenvalue weighted by atomic mass is 35.5. The second kappa shape index (κ2) is 17.5. The number of ether oxygens (including phenoxy) is 3. The molecule has 1 amide bonds. The Balaban J connectivity index is 1.03. The SMILES string of the molecule is CC1(C)CCC(CN2CCN(c3ccc(C(=O)NS(=O)(=O)c4cc(C#N)cnc4OCC4(F)CCOCC4)c(Oc4cccc5[nH]ccc45)c3)CC2)=C(c2ccc(Cl)cc2)C1. The van der Waals surface area contributed by atoms with E-state index in [0.29, 0.717) is 5.75 Å². The first-order valence-electron chi connectivity index (χ1n) is 20.5. The van der Waals surface area contributed by atoms with Crippen LogP contribution in [-0.2, 0) is 14.8 Å². The quantitative estimate of drug-likeness (QED) is 0.125. The average molecular weight is 867 g/mol. The third kappa shape index (κ3) is 9.71. The van der Waals surface area contributed by atoms with E-state index >= 15 is 4.39 Å². The minimum absolute atomic E-state index is 0.0443. The highest BCUT2D eigenvalue weighted by Crippen LogP contribution is 2.44. The monoisotopic (exact) mass is 866 g/mol. The molecule has 0 unspecified atom stereocenters. The molecule has 0 atom stereocenters. The van der Waals surface area contributed by atoms with Crippen molar-refractivity contribution < 1.29 is 31.8 Å². The number of sulfonamides is 1. The molecule has 0 saturated carbocycles. The normalized spacial score (nSPS) is 18.1. The summed E-state index contributed by atoms with van der Waals surface area (Å²) in [5.41, 5.74) is 4.07. The number of nitriles is 1. The lowest BCUT2D eigenvalue weighted by atomic mass is 9.72. The summed E-state index contributed by atoms with van der Waals surface area (Å²) >= 11 is 6.24. The third-order valence-corrected chi connectivity index (χ3v) is 13.4. The number of H-pyrrole nitrogens is 1. The first-order valence-corrected chi connectivity index (χ1v) is 22.3. The smallest absolute Gasteiger partial charge is 0.269 e. The lowest BCUT2D eigenvalue weighted by Gasteiger charge is -2.39. The number of rotatable bonds is 12. The lowest BCUT2D eigenvalue weighted by Crippen LogP contribution is -2.47. The summed E-state index contributed by atoms with van der Waals surface area (Å²) in [5, 5.41) is 11.1. The van der Waals surface area contributed by atoms with Gasteiger partial charge in [-0.1, -0.05) is 49.2 Å². The molecule has 0 radical (unpaired) electrons. The standard InChI is InChI=1S/C46H48ClFN6O6S/c1-45(2)14-12-33(38(26-45)32-6-8-34(47)9-7-32)29-53-18-20-54(21-19-53)35-10-11-37(41(25-35)60-40-5-3-4-39-36(40)13-17-50-39)43(55)52-61(56,57)42-24-31(27-49)28-51-44(42)59-30-46(48)15-22-58-23-16-46/h3-11,13,17,24-25,28,50H,12,14-16,18-23,26,29-30H2,1-2H3,(H,52,55). The van der Waals surface area contributed by atoms with Crippen molar-refractivity contribution in [1.82, 2.24) is 19.6 Å². The van der Waals surface area contributed by atoms with Crippen molar-refractivity contribution in [3.05, 3.63) is 112 Å². The van der Waals surface area contributed by atoms with E-state index in [9.17, 15) is 18.5 Å². The second-order valence-electron chi connectivity index (χ2n) is 16.8. The average Bonchev–Trinajstić information content (AvgIpc) is 3.74. The van der Waals surface area contributed by atoms with E-state index in [1.54, 1.807) is 30.5 Å². The van der Waals surface area contributed by atoms with E-state index in [-0.39, 0.29) is 48.3 Å². The van der Waals surface area contributed by atoms with Crippen LogP contribution in [0.1, 0.15) is 67.4 Å². The van der Waals surface area contributed by atoms with Gasteiger partial charge in [0.1, 0.15) is 29.8 Å². The van der Waals surface area contributed by atoms with Crippen LogP contribution < -0.4 is 19.1 Å². The Bertz CT molecular complexity index is 2610. The van der Waals surface area contributed by atoms with Gasteiger partial charge in [0.25, 0.3) is 15.9 Å². The number of halogens is 2. The van der Waals surface area contributed by atoms with Crippen LogP contribution in [0.2, 0.25) is 5.02 Å². The number of benzene rings is 3. The molecule has 2 saturated heterocycles. The Labute approximate surface area is 360 Å². The van der Waals surface area contributed by atoms with Gasteiger partial charge < -0.3 is 24.1 Å². The summed E-state index contributed by atoms with van der Waals surface area (Å²) in [6.07, 6.45) is 6.23. The molecule has 0 bridgehead atoms. The first-order chi connectivity index (χ1) is 29.3. The number of pyridine rings is 1. The lowest BCUT2D eigenvalue weighted by molar-refractivity contribution is -0.0336. The molecule has 61 heavy (non-hydrogen) atoms. The maximum Gasteiger partial charge on any atom is 0.269 e. The van der Waals surface area contributed by atoms with Crippen LogP contribution in [0, 0.1) is 16.7 Å². The molecule has 12 nitrogen and oxygen atoms in total. The van der Waals surface area contributed by atoms with Gasteiger partial charge in [-0.25, -0.2) is 22.5 Å². The molecule has 2 fully saturated rings. The van der Waals surface area contributed by atoms with Gasteiger partial charge in [0.05, 0.1) is 11.1 Å². The molecule has 1 aliphatic carbocycles. The summed E-state index contributed by atoms with van der Waals surface area (Å²) in [6.45, 7) is 8.54. The number of fused-ring (bicyclic) bond motifs is 1. The van der Waals surface area contributed by atoms with Gasteiger partial charge in [-0.2, -0.15) is 5.26 Å². The molecule has 2 aliphatic heterocycles. The molecule has 2 N–H and O–H groups in total. The third-order valence-electron chi connectivity index (χ3n) is 11.8. The number of piperazine rings is 1. The largest absolute Gasteiger partial charge is 0.473 e. The number of hydrogen-bond donors (Lipinski definition) is 2. The van der Waals surface area contributed by atoms with Crippen LogP contribution in [0.5, 0.6) is 17.4 Å². The van der Waals surface area contributed by atoms with E-state index in [2.05, 4.69) is 50.5 Å². The predicted octanol–water partition coefficient (Wildman–Crippen LogP) is 8.68. The highest BCUT2D eigenvalue weighted by molar-refractivity contribution is 7.90. The zero-order valence-corrected chi connectivity index (χ0v) is 35.8. The Morgan fingerprint density at radius 2 is 1.79 bits per heavy atom. The Kier molecular flexibility index (Phi) is 12.1. The molecule has 8 rings (SSSR count). The van der Waals surface area contributed by atoms with Crippen molar-refractivity contribution in [3.63, 3.8) is 0 Å². The molecular formula is C46H48ClFN6O6S. The number of anilines is 1. The minimum Gasteiger partial charge on any atom is -0.473 e. The fourth-order valence-electron chi connectivity index (χ4n) is 8.25. The molecule has 4 heterocycles. The summed E-state index contributed by atoms with van der Waals surface area (Å²) in [5.74, 6) is -0.804. The van der Waals surface area contributed by atoms with Crippen LogP contribution in [0.15, 0.2) is 95.7 Å². The maximum atomic E-state index is 15.4. The zero-order valence-electron chi connectivity index (χ0n) is 34.2. The van der Waals surface area contributed by atoms with Crippen molar-refractivity contribution in [1.29, 1.82) is 5.26 Å². The Hall–Kier alpha value is -5.46. The topological polar surface area (TPSA) is 150 Å². The summed E-state index contributed by atoms with van der Waals surface area (Å²) in [4.78, 5) is 25.4. The van der Waals surface area contributed by atoms with Crippen LogP contribution in [-0.4, -0.2) is 87.4 Å². The predicted molar refractivity (Wildman–Crippen MR) is 232 cm³/mol. The van der Waals surface area contributed by atoms with E-state index in [4.69, 9.17) is 25.8 Å². The molecule has 0 spiro atoms. The van der Waals surface area contributed by atoms with E-state index in [1.165, 1.54) is 16.7 Å². The van der Waals surface area contributed by atoms with Crippen LogP contribution in [0.3, 0.4) is 0 Å². The van der Waals surface area contributed by atoms with Gasteiger partial charge in [-0.3, -0.25) is 9.69 Å². The fourth-order valence-corrected chi connectivity index (χ4v) is 9.46. The number of aromatic nitrogens is 2. The van der Waals surface area contributed by atoms with E-state index < -0.39 is 39.0 Å². The molecule has 15 heteroatoms. The van der Waals surface area contributed by atoms with Crippen LogP contribution >= 0.6 is 11.6 Å². The van der Waals surface area contributed by atoms with Crippen LogP contribution in [0.4, 0.5) is 10.1 Å². The number of amides is 1.